The molecule has 0 amide bonds. The van der Waals surface area contributed by atoms with Crippen molar-refractivity contribution in [3.05, 3.63) is 11.8 Å². The maximum atomic E-state index is 4.44. The van der Waals surface area contributed by atoms with Crippen LogP contribution in [0.2, 0.25) is 0 Å². The van der Waals surface area contributed by atoms with Crippen molar-refractivity contribution in [2.45, 2.75) is 26.3 Å². The van der Waals surface area contributed by atoms with Gasteiger partial charge in [-0.3, -0.25) is 0 Å². The lowest BCUT2D eigenvalue weighted by molar-refractivity contribution is 0.662. The van der Waals surface area contributed by atoms with E-state index in [9.17, 15) is 0 Å². The minimum atomic E-state index is 0.537. The lowest BCUT2D eigenvalue weighted by Gasteiger charge is -1.97. The summed E-state index contributed by atoms with van der Waals surface area (Å²) >= 11 is 0. The molecule has 3 nitrogen and oxygen atoms in total. The highest BCUT2D eigenvalue weighted by atomic mass is 15.4. The van der Waals surface area contributed by atoms with E-state index in [2.05, 4.69) is 30.3 Å². The number of aromatic nitrogens is 2. The Kier molecular flexibility index (Phi) is 1.37. The molecular weight excluding hydrogens is 138 g/mol. The fraction of sp³-hybridized carbons (Fsp3) is 0.625. The van der Waals surface area contributed by atoms with E-state index in [0.29, 0.717) is 5.92 Å². The summed E-state index contributed by atoms with van der Waals surface area (Å²) in [6, 6.07) is 2.14. The fourth-order valence-corrected chi connectivity index (χ4v) is 1.32. The minimum absolute atomic E-state index is 0.537. The zero-order valence-electron chi connectivity index (χ0n) is 6.96. The molecule has 60 valence electrons. The van der Waals surface area contributed by atoms with Crippen LogP contribution in [-0.4, -0.2) is 16.3 Å². The molecule has 2 heterocycles. The molecule has 0 unspecified atom stereocenters. The molecule has 1 N–H and O–H groups in total. The lowest BCUT2D eigenvalue weighted by atomic mass is 10.1. The molecule has 0 aromatic carbocycles. The summed E-state index contributed by atoms with van der Waals surface area (Å²) in [6.45, 7) is 6.37. The van der Waals surface area contributed by atoms with Gasteiger partial charge < -0.3 is 5.32 Å². The molecule has 3 heteroatoms. The first-order valence-corrected chi connectivity index (χ1v) is 4.09. The molecule has 11 heavy (non-hydrogen) atoms. The third-order valence-electron chi connectivity index (χ3n) is 2.02. The van der Waals surface area contributed by atoms with Crippen LogP contribution < -0.4 is 5.32 Å². The summed E-state index contributed by atoms with van der Waals surface area (Å²) in [5, 5.41) is 7.72. The standard InChI is InChI=1S/C8H13N3/c1-6(2)7-5-8-9-3-4-11(8)10-7/h5-6,9H,3-4H2,1-2H3. The summed E-state index contributed by atoms with van der Waals surface area (Å²) in [4.78, 5) is 0. The molecule has 0 saturated heterocycles. The number of fused-ring (bicyclic) bond motifs is 1. The minimum Gasteiger partial charge on any atom is -0.368 e. The maximum Gasteiger partial charge on any atom is 0.124 e. The Bertz CT molecular complexity index is 241. The second kappa shape index (κ2) is 2.26. The van der Waals surface area contributed by atoms with Gasteiger partial charge in [-0.15, -0.1) is 0 Å². The van der Waals surface area contributed by atoms with E-state index in [4.69, 9.17) is 0 Å². The largest absolute Gasteiger partial charge is 0.368 e. The molecule has 1 aromatic heterocycles. The van der Waals surface area contributed by atoms with Gasteiger partial charge in [-0.2, -0.15) is 5.10 Å². The predicted octanol–water partition coefficient (Wildman–Crippen LogP) is 1.43. The smallest absolute Gasteiger partial charge is 0.124 e. The Morgan fingerprint density at radius 2 is 2.45 bits per heavy atom. The SMILES string of the molecule is CC(C)c1cc2n(n1)CCN2. The second-order valence-electron chi connectivity index (χ2n) is 3.26. The second-order valence-corrected chi connectivity index (χ2v) is 3.26. The summed E-state index contributed by atoms with van der Waals surface area (Å²) < 4.78 is 2.04. The van der Waals surface area contributed by atoms with Crippen molar-refractivity contribution in [3.63, 3.8) is 0 Å². The molecule has 0 aliphatic carbocycles. The molecule has 0 saturated carbocycles. The summed E-state index contributed by atoms with van der Waals surface area (Å²) in [5.41, 5.74) is 1.19. The first-order valence-electron chi connectivity index (χ1n) is 4.09. The summed E-state index contributed by atoms with van der Waals surface area (Å²) in [6.07, 6.45) is 0. The van der Waals surface area contributed by atoms with Crippen LogP contribution in [-0.2, 0) is 6.54 Å². The Morgan fingerprint density at radius 1 is 1.64 bits per heavy atom. The first kappa shape index (κ1) is 6.70. The Labute approximate surface area is 66.4 Å². The van der Waals surface area contributed by atoms with Gasteiger partial charge in [0.1, 0.15) is 5.82 Å². The van der Waals surface area contributed by atoms with Crippen LogP contribution in [0.1, 0.15) is 25.5 Å². The maximum absolute atomic E-state index is 4.44. The van der Waals surface area contributed by atoms with Crippen molar-refractivity contribution in [2.75, 3.05) is 11.9 Å². The highest BCUT2D eigenvalue weighted by Crippen LogP contribution is 2.20. The lowest BCUT2D eigenvalue weighted by Crippen LogP contribution is -1.99. The van der Waals surface area contributed by atoms with Crippen LogP contribution in [0.25, 0.3) is 0 Å². The average molecular weight is 151 g/mol. The van der Waals surface area contributed by atoms with Gasteiger partial charge in [0.15, 0.2) is 0 Å². The van der Waals surface area contributed by atoms with E-state index >= 15 is 0 Å². The summed E-state index contributed by atoms with van der Waals surface area (Å²) in [7, 11) is 0. The molecule has 2 rings (SSSR count). The van der Waals surface area contributed by atoms with Gasteiger partial charge in [-0.1, -0.05) is 13.8 Å². The van der Waals surface area contributed by atoms with Gasteiger partial charge in [-0.05, 0) is 5.92 Å². The van der Waals surface area contributed by atoms with Gasteiger partial charge in [-0.25, -0.2) is 4.68 Å². The van der Waals surface area contributed by atoms with Gasteiger partial charge in [0.05, 0.1) is 12.2 Å². The normalized spacial score (nSPS) is 15.2. The van der Waals surface area contributed by atoms with Crippen molar-refractivity contribution in [3.8, 4) is 0 Å². The van der Waals surface area contributed by atoms with E-state index in [-0.39, 0.29) is 0 Å². The van der Waals surface area contributed by atoms with Crippen LogP contribution in [0.15, 0.2) is 6.07 Å². The van der Waals surface area contributed by atoms with Crippen molar-refractivity contribution in [2.24, 2.45) is 0 Å². The topological polar surface area (TPSA) is 29.9 Å². The number of hydrogen-bond donors (Lipinski definition) is 1. The van der Waals surface area contributed by atoms with E-state index in [1.165, 1.54) is 11.5 Å². The highest BCUT2D eigenvalue weighted by molar-refractivity contribution is 5.40. The van der Waals surface area contributed by atoms with Gasteiger partial charge >= 0.3 is 0 Å². The molecule has 0 spiro atoms. The van der Waals surface area contributed by atoms with Crippen molar-refractivity contribution in [1.82, 2.24) is 9.78 Å². The number of rotatable bonds is 1. The Hall–Kier alpha value is -0.990. The molecule has 0 bridgehead atoms. The third kappa shape index (κ3) is 1.00. The average Bonchev–Trinajstić information content (AvgIpc) is 2.40. The number of nitrogens with one attached hydrogen (secondary N) is 1. The fourth-order valence-electron chi connectivity index (χ4n) is 1.32. The molecule has 0 fully saturated rings. The third-order valence-corrected chi connectivity index (χ3v) is 2.02. The molecule has 1 aliphatic rings. The van der Waals surface area contributed by atoms with Crippen LogP contribution in [0.4, 0.5) is 5.82 Å². The number of anilines is 1. The predicted molar refractivity (Wildman–Crippen MR) is 44.8 cm³/mol. The quantitative estimate of drug-likeness (QED) is 0.658. The van der Waals surface area contributed by atoms with E-state index < -0.39 is 0 Å². The molecule has 0 atom stereocenters. The first-order chi connectivity index (χ1) is 5.27. The number of hydrogen-bond acceptors (Lipinski definition) is 2. The van der Waals surface area contributed by atoms with E-state index in [1.807, 2.05) is 4.68 Å². The van der Waals surface area contributed by atoms with Gasteiger partial charge in [0.2, 0.25) is 0 Å². The van der Waals surface area contributed by atoms with Crippen LogP contribution in [0.5, 0.6) is 0 Å². The van der Waals surface area contributed by atoms with Crippen LogP contribution in [0, 0.1) is 0 Å². The highest BCUT2D eigenvalue weighted by Gasteiger charge is 2.13. The Balaban J connectivity index is 2.34. The van der Waals surface area contributed by atoms with Crippen molar-refractivity contribution in [1.29, 1.82) is 0 Å². The van der Waals surface area contributed by atoms with E-state index in [0.717, 1.165) is 13.1 Å². The van der Waals surface area contributed by atoms with Crippen molar-refractivity contribution < 1.29 is 0 Å². The molecule has 0 radical (unpaired) electrons. The van der Waals surface area contributed by atoms with Crippen LogP contribution >= 0.6 is 0 Å². The monoisotopic (exact) mass is 151 g/mol. The van der Waals surface area contributed by atoms with Crippen molar-refractivity contribution >= 4 is 5.82 Å². The van der Waals surface area contributed by atoms with Gasteiger partial charge in [0.25, 0.3) is 0 Å². The summed E-state index contributed by atoms with van der Waals surface area (Å²) in [5.74, 6) is 1.71. The zero-order valence-corrected chi connectivity index (χ0v) is 6.96. The zero-order chi connectivity index (χ0) is 7.84. The Morgan fingerprint density at radius 3 is 3.09 bits per heavy atom. The van der Waals surface area contributed by atoms with E-state index in [1.54, 1.807) is 0 Å². The number of nitrogens with zero attached hydrogens (tertiary/aromatic N) is 2. The molecule has 1 aliphatic heterocycles. The van der Waals surface area contributed by atoms with Crippen LogP contribution in [0.3, 0.4) is 0 Å². The molecule has 1 aromatic rings. The van der Waals surface area contributed by atoms with Gasteiger partial charge in [0, 0.05) is 12.6 Å². The molecular formula is C8H13N3.